The van der Waals surface area contributed by atoms with Gasteiger partial charge in [0.25, 0.3) is 11.8 Å². The number of aromatic amines is 1. The molecule has 2 aromatic heterocycles. The molecule has 38 heavy (non-hydrogen) atoms. The number of likely N-dealkylation sites (tertiary alicyclic amines) is 2. The fourth-order valence-corrected chi connectivity index (χ4v) is 5.75. The molecule has 2 aromatic carbocycles. The minimum atomic E-state index is -0.702. The van der Waals surface area contributed by atoms with Gasteiger partial charge in [-0.25, -0.2) is 0 Å². The number of nitrogens with one attached hydrogen (secondary N) is 2. The van der Waals surface area contributed by atoms with E-state index in [1.807, 2.05) is 85.2 Å². The van der Waals surface area contributed by atoms with Crippen LogP contribution < -0.4 is 5.32 Å². The van der Waals surface area contributed by atoms with Crippen LogP contribution in [0.5, 0.6) is 0 Å². The molecule has 0 saturated carbocycles. The molecule has 1 unspecified atom stereocenters. The molecule has 3 amide bonds. The van der Waals surface area contributed by atoms with Gasteiger partial charge in [0.1, 0.15) is 17.4 Å². The molecule has 0 radical (unpaired) electrons. The van der Waals surface area contributed by atoms with E-state index in [4.69, 9.17) is 0 Å². The minimum absolute atomic E-state index is 0.0604. The third-order valence-electron chi connectivity index (χ3n) is 7.80. The molecule has 2 N–H and O–H groups in total. The van der Waals surface area contributed by atoms with Crippen molar-refractivity contribution in [3.8, 4) is 0 Å². The van der Waals surface area contributed by atoms with E-state index in [-0.39, 0.29) is 29.8 Å². The molecular formula is C30H31N5O3. The van der Waals surface area contributed by atoms with Crippen LogP contribution in [-0.4, -0.2) is 68.7 Å². The maximum atomic E-state index is 13.8. The Hall–Kier alpha value is -4.20. The average molecular weight is 510 g/mol. The summed E-state index contributed by atoms with van der Waals surface area (Å²) in [6, 6.07) is 18.3. The molecule has 0 spiro atoms. The number of carbonyl (C=O) groups excluding carboxylic acids is 3. The highest BCUT2D eigenvalue weighted by atomic mass is 16.2. The molecule has 2 bridgehead atoms. The SMILES string of the molecule is CC(C)(C)C(NC(=O)c1cc2ccccc2[nH]1)C(=O)N1C[C@@H]2C[C@H]1CN2C(=O)c1cc2ccccc2cn1. The number of fused-ring (bicyclic) bond motifs is 4. The van der Waals surface area contributed by atoms with Crippen molar-refractivity contribution in [3.05, 3.63) is 78.2 Å². The van der Waals surface area contributed by atoms with Crippen LogP contribution in [0.1, 0.15) is 48.2 Å². The van der Waals surface area contributed by atoms with Crippen LogP contribution >= 0.6 is 0 Å². The van der Waals surface area contributed by atoms with Gasteiger partial charge in [0.2, 0.25) is 5.91 Å². The van der Waals surface area contributed by atoms with Gasteiger partial charge in [-0.05, 0) is 35.4 Å². The van der Waals surface area contributed by atoms with E-state index in [2.05, 4.69) is 15.3 Å². The molecule has 0 aliphatic carbocycles. The van der Waals surface area contributed by atoms with E-state index in [1.165, 1.54) is 0 Å². The zero-order chi connectivity index (χ0) is 26.6. The summed E-state index contributed by atoms with van der Waals surface area (Å²) in [6.07, 6.45) is 2.47. The number of H-pyrrole nitrogens is 1. The summed E-state index contributed by atoms with van der Waals surface area (Å²) < 4.78 is 0. The summed E-state index contributed by atoms with van der Waals surface area (Å²) in [5.41, 5.74) is 1.23. The second-order valence-electron chi connectivity index (χ2n) is 11.5. The van der Waals surface area contributed by atoms with Crippen LogP contribution in [0, 0.1) is 5.41 Å². The first-order chi connectivity index (χ1) is 18.2. The first-order valence-electron chi connectivity index (χ1n) is 13.0. The Kier molecular flexibility index (Phi) is 5.70. The van der Waals surface area contributed by atoms with Crippen molar-refractivity contribution in [2.75, 3.05) is 13.1 Å². The van der Waals surface area contributed by atoms with Crippen molar-refractivity contribution >= 4 is 39.4 Å². The molecule has 4 heterocycles. The van der Waals surface area contributed by atoms with Gasteiger partial charge in [-0.3, -0.25) is 19.4 Å². The summed E-state index contributed by atoms with van der Waals surface area (Å²) in [5.74, 6) is -0.516. The Balaban J connectivity index is 1.16. The normalized spacial score (nSPS) is 19.8. The number of piperazine rings is 1. The number of amides is 3. The van der Waals surface area contributed by atoms with Gasteiger partial charge in [-0.2, -0.15) is 0 Å². The average Bonchev–Trinajstić information content (AvgIpc) is 3.64. The minimum Gasteiger partial charge on any atom is -0.351 e. The molecular weight excluding hydrogens is 478 g/mol. The highest BCUT2D eigenvalue weighted by molar-refractivity contribution is 6.01. The lowest BCUT2D eigenvalue weighted by Gasteiger charge is -2.39. The van der Waals surface area contributed by atoms with Crippen molar-refractivity contribution in [1.82, 2.24) is 25.1 Å². The first-order valence-corrected chi connectivity index (χ1v) is 13.0. The second-order valence-corrected chi connectivity index (χ2v) is 11.5. The Labute approximate surface area is 221 Å². The van der Waals surface area contributed by atoms with Gasteiger partial charge in [0.05, 0.1) is 12.1 Å². The number of hydrogen-bond donors (Lipinski definition) is 2. The maximum absolute atomic E-state index is 13.8. The van der Waals surface area contributed by atoms with Crippen LogP contribution in [0.3, 0.4) is 0 Å². The number of rotatable bonds is 4. The predicted molar refractivity (Wildman–Crippen MR) is 146 cm³/mol. The molecule has 6 rings (SSSR count). The highest BCUT2D eigenvalue weighted by Crippen LogP contribution is 2.34. The van der Waals surface area contributed by atoms with Crippen LogP contribution in [0.25, 0.3) is 21.7 Å². The van der Waals surface area contributed by atoms with Gasteiger partial charge in [0, 0.05) is 35.6 Å². The number of nitrogens with zero attached hydrogens (tertiary/aromatic N) is 3. The third-order valence-corrected chi connectivity index (χ3v) is 7.80. The number of aromatic nitrogens is 2. The van der Waals surface area contributed by atoms with Crippen LogP contribution in [0.2, 0.25) is 0 Å². The van der Waals surface area contributed by atoms with E-state index in [0.29, 0.717) is 24.5 Å². The Morgan fingerprint density at radius 1 is 0.921 bits per heavy atom. The zero-order valence-electron chi connectivity index (χ0n) is 21.8. The second kappa shape index (κ2) is 8.97. The predicted octanol–water partition coefficient (Wildman–Crippen LogP) is 3.99. The third kappa shape index (κ3) is 4.20. The summed E-state index contributed by atoms with van der Waals surface area (Å²) in [6.45, 7) is 6.79. The molecule has 2 aliphatic heterocycles. The van der Waals surface area contributed by atoms with E-state index < -0.39 is 11.5 Å². The van der Waals surface area contributed by atoms with Crippen molar-refractivity contribution < 1.29 is 14.4 Å². The molecule has 2 fully saturated rings. The monoisotopic (exact) mass is 509 g/mol. The fourth-order valence-electron chi connectivity index (χ4n) is 5.75. The van der Waals surface area contributed by atoms with Crippen molar-refractivity contribution in [1.29, 1.82) is 0 Å². The molecule has 2 saturated heterocycles. The summed E-state index contributed by atoms with van der Waals surface area (Å²) in [5, 5.41) is 5.91. The lowest BCUT2D eigenvalue weighted by molar-refractivity contribution is -0.138. The quantitative estimate of drug-likeness (QED) is 0.435. The molecule has 3 atom stereocenters. The standard InChI is InChI=1S/C30H31N5O3/c1-30(2,3)26(33-27(36)24-13-19-9-6-7-11-23(19)32-24)29(38)35-17-21-14-22(35)16-34(21)28(37)25-12-18-8-4-5-10-20(18)15-31-25/h4-13,15,21-22,26,32H,14,16-17H2,1-3H3,(H,33,36)/t21-,22-,26?/m0/s1. The zero-order valence-corrected chi connectivity index (χ0v) is 21.8. The van der Waals surface area contributed by atoms with E-state index in [1.54, 1.807) is 12.3 Å². The lowest BCUT2D eigenvalue weighted by Crippen LogP contribution is -2.59. The topological polar surface area (TPSA) is 98.4 Å². The van der Waals surface area contributed by atoms with Gasteiger partial charge < -0.3 is 20.1 Å². The molecule has 8 heteroatoms. The van der Waals surface area contributed by atoms with Crippen molar-refractivity contribution in [2.24, 2.45) is 5.41 Å². The Bertz CT molecular complexity index is 1540. The van der Waals surface area contributed by atoms with Gasteiger partial charge >= 0.3 is 0 Å². The van der Waals surface area contributed by atoms with Gasteiger partial charge in [-0.1, -0.05) is 63.2 Å². The molecule has 194 valence electrons. The summed E-state index contributed by atoms with van der Waals surface area (Å²) >= 11 is 0. The van der Waals surface area contributed by atoms with E-state index >= 15 is 0 Å². The summed E-state index contributed by atoms with van der Waals surface area (Å²) in [7, 11) is 0. The lowest BCUT2D eigenvalue weighted by atomic mass is 9.85. The number of pyridine rings is 1. The number of para-hydroxylation sites is 1. The van der Waals surface area contributed by atoms with Crippen molar-refractivity contribution in [3.63, 3.8) is 0 Å². The van der Waals surface area contributed by atoms with E-state index in [0.717, 1.165) is 28.1 Å². The molecule has 4 aromatic rings. The highest BCUT2D eigenvalue weighted by Gasteiger charge is 2.50. The van der Waals surface area contributed by atoms with Crippen LogP contribution in [0.4, 0.5) is 0 Å². The number of benzene rings is 2. The Morgan fingerprint density at radius 2 is 1.58 bits per heavy atom. The fraction of sp³-hybridized carbons (Fsp3) is 0.333. The van der Waals surface area contributed by atoms with E-state index in [9.17, 15) is 14.4 Å². The number of hydrogen-bond acceptors (Lipinski definition) is 4. The number of carbonyl (C=O) groups is 3. The van der Waals surface area contributed by atoms with Gasteiger partial charge in [-0.15, -0.1) is 0 Å². The molecule has 2 aliphatic rings. The van der Waals surface area contributed by atoms with Crippen LogP contribution in [0.15, 0.2) is 66.9 Å². The van der Waals surface area contributed by atoms with Crippen molar-refractivity contribution in [2.45, 2.75) is 45.3 Å². The first kappa shape index (κ1) is 24.2. The molecule has 8 nitrogen and oxygen atoms in total. The Morgan fingerprint density at radius 3 is 2.26 bits per heavy atom. The van der Waals surface area contributed by atoms with Crippen LogP contribution in [-0.2, 0) is 4.79 Å². The largest absolute Gasteiger partial charge is 0.351 e. The smallest absolute Gasteiger partial charge is 0.272 e. The van der Waals surface area contributed by atoms with Gasteiger partial charge in [0.15, 0.2) is 0 Å². The summed E-state index contributed by atoms with van der Waals surface area (Å²) in [4.78, 5) is 51.5. The maximum Gasteiger partial charge on any atom is 0.272 e.